The molecule has 2 rings (SSSR count). The molecule has 88 valence electrons. The van der Waals surface area contributed by atoms with Crippen LogP contribution >= 0.6 is 0 Å². The molecule has 1 aromatic carbocycles. The number of rotatable bonds is 4. The van der Waals surface area contributed by atoms with Gasteiger partial charge in [-0.1, -0.05) is 0 Å². The van der Waals surface area contributed by atoms with Crippen molar-refractivity contribution in [3.05, 3.63) is 29.6 Å². The van der Waals surface area contributed by atoms with Crippen molar-refractivity contribution in [1.82, 2.24) is 5.32 Å². The minimum Gasteiger partial charge on any atom is -0.385 e. The van der Waals surface area contributed by atoms with Crippen molar-refractivity contribution in [3.63, 3.8) is 0 Å². The highest BCUT2D eigenvalue weighted by Crippen LogP contribution is 2.14. The highest BCUT2D eigenvalue weighted by Gasteiger charge is 2.12. The van der Waals surface area contributed by atoms with E-state index >= 15 is 0 Å². The van der Waals surface area contributed by atoms with Gasteiger partial charge in [-0.3, -0.25) is 0 Å². The summed E-state index contributed by atoms with van der Waals surface area (Å²) in [6, 6.07) is 5.84. The highest BCUT2D eigenvalue weighted by molar-refractivity contribution is 5.45. The molecule has 3 heteroatoms. The molecule has 1 fully saturated rings. The van der Waals surface area contributed by atoms with Crippen molar-refractivity contribution in [3.8, 4) is 0 Å². The molecule has 0 aliphatic carbocycles. The number of anilines is 1. The summed E-state index contributed by atoms with van der Waals surface area (Å²) >= 11 is 0. The first-order valence-corrected chi connectivity index (χ1v) is 5.99. The maximum Gasteiger partial charge on any atom is 0.126 e. The molecule has 1 aliphatic heterocycles. The number of nitrogens with one attached hydrogen (secondary N) is 2. The first-order chi connectivity index (χ1) is 7.75. The lowest BCUT2D eigenvalue weighted by molar-refractivity contribution is 0.574. The maximum absolute atomic E-state index is 13.0. The Hall–Kier alpha value is -1.09. The van der Waals surface area contributed by atoms with Gasteiger partial charge in [-0.25, -0.2) is 4.39 Å². The van der Waals surface area contributed by atoms with E-state index < -0.39 is 0 Å². The molecule has 2 N–H and O–H groups in total. The van der Waals surface area contributed by atoms with Crippen LogP contribution in [0.1, 0.15) is 24.8 Å². The normalized spacial score (nSPS) is 20.0. The molecule has 1 atom stereocenters. The Balaban J connectivity index is 1.78. The second kappa shape index (κ2) is 5.30. The zero-order valence-electron chi connectivity index (χ0n) is 9.72. The van der Waals surface area contributed by atoms with E-state index in [1.165, 1.54) is 18.9 Å². The van der Waals surface area contributed by atoms with Crippen LogP contribution in [0.2, 0.25) is 0 Å². The maximum atomic E-state index is 13.0. The Morgan fingerprint density at radius 2 is 2.38 bits per heavy atom. The van der Waals surface area contributed by atoms with Gasteiger partial charge in [0.15, 0.2) is 0 Å². The summed E-state index contributed by atoms with van der Waals surface area (Å²) in [6.07, 6.45) is 3.71. The average molecular weight is 222 g/mol. The van der Waals surface area contributed by atoms with E-state index in [4.69, 9.17) is 0 Å². The van der Waals surface area contributed by atoms with Crippen molar-refractivity contribution in [2.45, 2.75) is 32.2 Å². The van der Waals surface area contributed by atoms with E-state index in [0.717, 1.165) is 25.2 Å². The first kappa shape index (κ1) is 11.4. The largest absolute Gasteiger partial charge is 0.385 e. The van der Waals surface area contributed by atoms with Crippen LogP contribution < -0.4 is 10.6 Å². The molecule has 0 amide bonds. The summed E-state index contributed by atoms with van der Waals surface area (Å²) in [5.74, 6) is -0.136. The van der Waals surface area contributed by atoms with Crippen molar-refractivity contribution in [1.29, 1.82) is 0 Å². The molecule has 1 heterocycles. The monoisotopic (exact) mass is 222 g/mol. The molecule has 1 aliphatic rings. The van der Waals surface area contributed by atoms with Crippen LogP contribution in [0.3, 0.4) is 0 Å². The average Bonchev–Trinajstić information content (AvgIpc) is 2.76. The van der Waals surface area contributed by atoms with E-state index in [2.05, 4.69) is 10.6 Å². The van der Waals surface area contributed by atoms with E-state index in [1.54, 1.807) is 13.0 Å². The van der Waals surface area contributed by atoms with Gasteiger partial charge < -0.3 is 10.6 Å². The lowest BCUT2D eigenvalue weighted by Crippen LogP contribution is -2.24. The molecule has 16 heavy (non-hydrogen) atoms. The molecule has 0 radical (unpaired) electrons. The second-order valence-electron chi connectivity index (χ2n) is 4.47. The van der Waals surface area contributed by atoms with Crippen LogP contribution in [0.5, 0.6) is 0 Å². The van der Waals surface area contributed by atoms with Crippen molar-refractivity contribution < 1.29 is 4.39 Å². The van der Waals surface area contributed by atoms with Crippen molar-refractivity contribution in [2.75, 3.05) is 18.4 Å². The fraction of sp³-hybridized carbons (Fsp3) is 0.538. The topological polar surface area (TPSA) is 24.1 Å². The summed E-state index contributed by atoms with van der Waals surface area (Å²) in [6.45, 7) is 3.89. The van der Waals surface area contributed by atoms with E-state index in [9.17, 15) is 4.39 Å². The van der Waals surface area contributed by atoms with Crippen molar-refractivity contribution >= 4 is 5.69 Å². The summed E-state index contributed by atoms with van der Waals surface area (Å²) in [5.41, 5.74) is 1.71. The zero-order valence-corrected chi connectivity index (χ0v) is 9.72. The van der Waals surface area contributed by atoms with Gasteiger partial charge in [-0.05, 0) is 56.5 Å². The highest BCUT2D eigenvalue weighted by atomic mass is 19.1. The van der Waals surface area contributed by atoms with E-state index in [0.29, 0.717) is 11.6 Å². The molecular formula is C13H19FN2. The lowest BCUT2D eigenvalue weighted by atomic mass is 10.1. The van der Waals surface area contributed by atoms with E-state index in [-0.39, 0.29) is 5.82 Å². The molecule has 2 nitrogen and oxygen atoms in total. The van der Waals surface area contributed by atoms with Gasteiger partial charge in [-0.15, -0.1) is 0 Å². The molecule has 0 aromatic heterocycles. The Labute approximate surface area is 96.2 Å². The Kier molecular flexibility index (Phi) is 3.78. The summed E-state index contributed by atoms with van der Waals surface area (Å²) in [5, 5.41) is 6.80. The number of aryl methyl sites for hydroxylation is 1. The number of benzene rings is 1. The summed E-state index contributed by atoms with van der Waals surface area (Å²) in [7, 11) is 0. The summed E-state index contributed by atoms with van der Waals surface area (Å²) in [4.78, 5) is 0. The third-order valence-electron chi connectivity index (χ3n) is 3.14. The molecule has 0 spiro atoms. The molecule has 1 saturated heterocycles. The predicted molar refractivity (Wildman–Crippen MR) is 65.3 cm³/mol. The molecule has 0 saturated carbocycles. The molecule has 1 unspecified atom stereocenters. The van der Waals surface area contributed by atoms with Crippen LogP contribution in [0, 0.1) is 12.7 Å². The quantitative estimate of drug-likeness (QED) is 0.818. The van der Waals surface area contributed by atoms with Gasteiger partial charge in [-0.2, -0.15) is 0 Å². The van der Waals surface area contributed by atoms with Crippen molar-refractivity contribution in [2.24, 2.45) is 0 Å². The first-order valence-electron chi connectivity index (χ1n) is 5.99. The third kappa shape index (κ3) is 2.95. The van der Waals surface area contributed by atoms with Crippen LogP contribution in [0.4, 0.5) is 10.1 Å². The SMILES string of the molecule is Cc1cc(NCCC2CCCN2)ccc1F. The molecule has 0 bridgehead atoms. The van der Waals surface area contributed by atoms with Gasteiger partial charge in [0.2, 0.25) is 0 Å². The zero-order chi connectivity index (χ0) is 11.4. The van der Waals surface area contributed by atoms with Gasteiger partial charge in [0, 0.05) is 18.3 Å². The fourth-order valence-electron chi connectivity index (χ4n) is 2.15. The van der Waals surface area contributed by atoms with Crippen LogP contribution in [0.15, 0.2) is 18.2 Å². The van der Waals surface area contributed by atoms with E-state index in [1.807, 2.05) is 6.07 Å². The van der Waals surface area contributed by atoms with Gasteiger partial charge >= 0.3 is 0 Å². The Morgan fingerprint density at radius 3 is 3.06 bits per heavy atom. The minimum absolute atomic E-state index is 0.136. The van der Waals surface area contributed by atoms with Crippen LogP contribution in [-0.2, 0) is 0 Å². The lowest BCUT2D eigenvalue weighted by Gasteiger charge is -2.12. The second-order valence-corrected chi connectivity index (χ2v) is 4.47. The van der Waals surface area contributed by atoms with Gasteiger partial charge in [0.25, 0.3) is 0 Å². The third-order valence-corrected chi connectivity index (χ3v) is 3.14. The standard InChI is InChI=1S/C13H19FN2/c1-10-9-12(4-5-13(10)14)16-8-6-11-3-2-7-15-11/h4-5,9,11,15-16H,2-3,6-8H2,1H3. The van der Waals surface area contributed by atoms with Crippen LogP contribution in [-0.4, -0.2) is 19.1 Å². The van der Waals surface area contributed by atoms with Gasteiger partial charge in [0.05, 0.1) is 0 Å². The van der Waals surface area contributed by atoms with Gasteiger partial charge in [0.1, 0.15) is 5.82 Å². The predicted octanol–water partition coefficient (Wildman–Crippen LogP) is 2.69. The molecular weight excluding hydrogens is 203 g/mol. The fourth-order valence-corrected chi connectivity index (χ4v) is 2.15. The Morgan fingerprint density at radius 1 is 1.50 bits per heavy atom. The smallest absolute Gasteiger partial charge is 0.126 e. The number of halogens is 1. The number of hydrogen-bond acceptors (Lipinski definition) is 2. The summed E-state index contributed by atoms with van der Waals surface area (Å²) < 4.78 is 13.0. The Bertz CT molecular complexity index is 346. The minimum atomic E-state index is -0.136. The van der Waals surface area contributed by atoms with Crippen LogP contribution in [0.25, 0.3) is 0 Å². The molecule has 1 aromatic rings. The number of hydrogen-bond donors (Lipinski definition) is 2.